The van der Waals surface area contributed by atoms with Crippen molar-refractivity contribution in [3.63, 3.8) is 0 Å². The summed E-state index contributed by atoms with van der Waals surface area (Å²) in [5.74, 6) is -0.720. The van der Waals surface area contributed by atoms with Crippen molar-refractivity contribution in [2.45, 2.75) is 16.8 Å². The van der Waals surface area contributed by atoms with Gasteiger partial charge in [0, 0.05) is 5.75 Å². The maximum atomic E-state index is 10.6. The fourth-order valence-electron chi connectivity index (χ4n) is 0.500. The topological polar surface area (TPSA) is 89.1 Å². The minimum Gasteiger partial charge on any atom is -0.480 e. The molecule has 0 aromatic carbocycles. The number of carbonyl (C=O) groups is 1. The van der Waals surface area contributed by atoms with Crippen molar-refractivity contribution in [3.05, 3.63) is 6.33 Å². The van der Waals surface area contributed by atoms with Crippen molar-refractivity contribution in [1.29, 1.82) is 0 Å². The highest BCUT2D eigenvalue weighted by molar-refractivity contribution is 8.01. The SMILES string of the molecule is CC(N)(CSc1ncns1)C(=O)O. The number of hydrogen-bond acceptors (Lipinski definition) is 6. The van der Waals surface area contributed by atoms with E-state index in [2.05, 4.69) is 9.36 Å². The zero-order chi connectivity index (χ0) is 9.90. The molecule has 72 valence electrons. The standard InChI is InChI=1S/C6H9N3O2S2/c1-6(7,4(10)11)2-12-5-8-3-9-13-5/h3H,2,7H2,1H3,(H,10,11). The first kappa shape index (κ1) is 10.4. The highest BCUT2D eigenvalue weighted by Gasteiger charge is 2.28. The van der Waals surface area contributed by atoms with Gasteiger partial charge in [0.1, 0.15) is 11.9 Å². The summed E-state index contributed by atoms with van der Waals surface area (Å²) < 4.78 is 4.52. The Morgan fingerprint density at radius 3 is 3.08 bits per heavy atom. The molecule has 1 rings (SSSR count). The Labute approximate surface area is 83.5 Å². The first-order valence-corrected chi connectivity index (χ1v) is 5.20. The van der Waals surface area contributed by atoms with E-state index < -0.39 is 11.5 Å². The molecule has 0 aliphatic heterocycles. The summed E-state index contributed by atoms with van der Waals surface area (Å²) in [5.41, 5.74) is 4.30. The second kappa shape index (κ2) is 4.03. The number of carboxylic acids is 1. The lowest BCUT2D eigenvalue weighted by Crippen LogP contribution is -2.47. The van der Waals surface area contributed by atoms with Gasteiger partial charge in [0.25, 0.3) is 0 Å². The largest absolute Gasteiger partial charge is 0.480 e. The van der Waals surface area contributed by atoms with E-state index in [4.69, 9.17) is 10.8 Å². The average Bonchev–Trinajstić information content (AvgIpc) is 2.52. The average molecular weight is 219 g/mol. The predicted molar refractivity (Wildman–Crippen MR) is 50.9 cm³/mol. The number of nitrogens with two attached hydrogens (primary N) is 1. The molecule has 0 saturated heterocycles. The Balaban J connectivity index is 2.47. The molecule has 0 spiro atoms. The van der Waals surface area contributed by atoms with Crippen LogP contribution in [0.1, 0.15) is 6.92 Å². The molecule has 0 fully saturated rings. The van der Waals surface area contributed by atoms with E-state index >= 15 is 0 Å². The molecule has 0 bridgehead atoms. The van der Waals surface area contributed by atoms with Gasteiger partial charge in [-0.2, -0.15) is 4.37 Å². The lowest BCUT2D eigenvalue weighted by atomic mass is 10.1. The van der Waals surface area contributed by atoms with Gasteiger partial charge in [-0.1, -0.05) is 11.8 Å². The van der Waals surface area contributed by atoms with E-state index in [0.717, 1.165) is 4.34 Å². The summed E-state index contributed by atoms with van der Waals surface area (Å²) in [4.78, 5) is 14.5. The Bertz CT molecular complexity index is 286. The van der Waals surface area contributed by atoms with Gasteiger partial charge >= 0.3 is 5.97 Å². The molecule has 0 saturated carbocycles. The van der Waals surface area contributed by atoms with Crippen LogP contribution < -0.4 is 5.73 Å². The van der Waals surface area contributed by atoms with Crippen molar-refractivity contribution in [2.24, 2.45) is 5.73 Å². The zero-order valence-corrected chi connectivity index (χ0v) is 8.56. The highest BCUT2D eigenvalue weighted by atomic mass is 32.2. The van der Waals surface area contributed by atoms with E-state index in [9.17, 15) is 4.79 Å². The van der Waals surface area contributed by atoms with Crippen LogP contribution in [0.5, 0.6) is 0 Å². The molecule has 1 aromatic heterocycles. The normalized spacial score (nSPS) is 15.2. The summed E-state index contributed by atoms with van der Waals surface area (Å²) in [5, 5.41) is 8.70. The number of carboxylic acid groups (broad SMARTS) is 1. The summed E-state index contributed by atoms with van der Waals surface area (Å²) in [6.07, 6.45) is 1.43. The van der Waals surface area contributed by atoms with Gasteiger partial charge in [0.2, 0.25) is 0 Å². The Morgan fingerprint density at radius 2 is 2.62 bits per heavy atom. The molecule has 0 aliphatic carbocycles. The van der Waals surface area contributed by atoms with E-state index in [1.165, 1.54) is 36.5 Å². The second-order valence-electron chi connectivity index (χ2n) is 2.72. The summed E-state index contributed by atoms with van der Waals surface area (Å²) in [7, 11) is 0. The van der Waals surface area contributed by atoms with Crippen molar-refractivity contribution in [2.75, 3.05) is 5.75 Å². The lowest BCUT2D eigenvalue weighted by Gasteiger charge is -2.16. The molecule has 5 nitrogen and oxygen atoms in total. The molecule has 1 unspecified atom stereocenters. The Hall–Kier alpha value is -0.660. The minimum absolute atomic E-state index is 0.289. The molecule has 0 radical (unpaired) electrons. The number of thioether (sulfide) groups is 1. The molecule has 13 heavy (non-hydrogen) atoms. The highest BCUT2D eigenvalue weighted by Crippen LogP contribution is 2.21. The quantitative estimate of drug-likeness (QED) is 0.714. The van der Waals surface area contributed by atoms with Gasteiger partial charge in [-0.3, -0.25) is 4.79 Å². The van der Waals surface area contributed by atoms with Crippen LogP contribution in [0.2, 0.25) is 0 Å². The van der Waals surface area contributed by atoms with Gasteiger partial charge in [-0.05, 0) is 18.5 Å². The molecule has 1 aromatic rings. The van der Waals surface area contributed by atoms with Gasteiger partial charge in [0.15, 0.2) is 4.34 Å². The Morgan fingerprint density at radius 1 is 1.92 bits per heavy atom. The van der Waals surface area contributed by atoms with Gasteiger partial charge < -0.3 is 10.8 Å². The molecular formula is C6H9N3O2S2. The number of hydrogen-bond donors (Lipinski definition) is 2. The number of aromatic nitrogens is 2. The van der Waals surface area contributed by atoms with Gasteiger partial charge in [0.05, 0.1) is 0 Å². The van der Waals surface area contributed by atoms with E-state index in [-0.39, 0.29) is 5.75 Å². The minimum atomic E-state index is -1.21. The van der Waals surface area contributed by atoms with Crippen LogP contribution in [0.4, 0.5) is 0 Å². The maximum absolute atomic E-state index is 10.6. The number of rotatable bonds is 4. The summed E-state index contributed by atoms with van der Waals surface area (Å²) in [6, 6.07) is 0. The van der Waals surface area contributed by atoms with Crippen molar-refractivity contribution in [1.82, 2.24) is 9.36 Å². The lowest BCUT2D eigenvalue weighted by molar-refractivity contribution is -0.141. The summed E-state index contributed by atoms with van der Waals surface area (Å²) in [6.45, 7) is 1.48. The van der Waals surface area contributed by atoms with Crippen LogP contribution in [0.3, 0.4) is 0 Å². The molecule has 0 aliphatic rings. The molecule has 7 heteroatoms. The van der Waals surface area contributed by atoms with Crippen molar-refractivity contribution >= 4 is 29.3 Å². The Kier molecular flexibility index (Phi) is 3.23. The molecule has 0 amide bonds. The van der Waals surface area contributed by atoms with Gasteiger partial charge in [-0.25, -0.2) is 4.98 Å². The predicted octanol–water partition coefficient (Wildman–Crippen LogP) is 0.432. The maximum Gasteiger partial charge on any atom is 0.324 e. The first-order chi connectivity index (χ1) is 6.02. The second-order valence-corrected chi connectivity index (χ2v) is 4.72. The van der Waals surface area contributed by atoms with Crippen LogP contribution >= 0.6 is 23.3 Å². The molecule has 1 heterocycles. The number of aliphatic carboxylic acids is 1. The fourth-order valence-corrected chi connectivity index (χ4v) is 1.96. The summed E-state index contributed by atoms with van der Waals surface area (Å²) >= 11 is 2.53. The zero-order valence-electron chi connectivity index (χ0n) is 6.93. The van der Waals surface area contributed by atoms with Crippen LogP contribution in [0.25, 0.3) is 0 Å². The molecule has 1 atom stereocenters. The third-order valence-electron chi connectivity index (χ3n) is 1.33. The van der Waals surface area contributed by atoms with Crippen LogP contribution in [-0.2, 0) is 4.79 Å². The van der Waals surface area contributed by atoms with Crippen LogP contribution in [0, 0.1) is 0 Å². The first-order valence-electron chi connectivity index (χ1n) is 3.44. The monoisotopic (exact) mass is 219 g/mol. The number of nitrogens with zero attached hydrogens (tertiary/aromatic N) is 2. The third-order valence-corrected chi connectivity index (χ3v) is 3.46. The fraction of sp³-hybridized carbons (Fsp3) is 0.500. The molecule has 3 N–H and O–H groups in total. The van der Waals surface area contributed by atoms with Crippen molar-refractivity contribution in [3.8, 4) is 0 Å². The molecular weight excluding hydrogens is 210 g/mol. The van der Waals surface area contributed by atoms with Crippen molar-refractivity contribution < 1.29 is 9.90 Å². The van der Waals surface area contributed by atoms with E-state index in [1.54, 1.807) is 0 Å². The van der Waals surface area contributed by atoms with Crippen LogP contribution in [-0.4, -0.2) is 31.7 Å². The van der Waals surface area contributed by atoms with Crippen LogP contribution in [0.15, 0.2) is 10.7 Å². The van der Waals surface area contributed by atoms with Gasteiger partial charge in [-0.15, -0.1) is 0 Å². The van der Waals surface area contributed by atoms with E-state index in [0.29, 0.717) is 0 Å². The smallest absolute Gasteiger partial charge is 0.324 e. The third kappa shape index (κ3) is 2.94. The van der Waals surface area contributed by atoms with E-state index in [1.807, 2.05) is 0 Å².